The van der Waals surface area contributed by atoms with Gasteiger partial charge < -0.3 is 24.6 Å². The molecule has 3 amide bonds. The van der Waals surface area contributed by atoms with Gasteiger partial charge in [0.25, 0.3) is 0 Å². The highest BCUT2D eigenvalue weighted by Gasteiger charge is 2.33. The van der Waals surface area contributed by atoms with E-state index in [1.54, 1.807) is 36.3 Å². The highest BCUT2D eigenvalue weighted by Crippen LogP contribution is 2.28. The van der Waals surface area contributed by atoms with Crippen molar-refractivity contribution in [2.45, 2.75) is 13.0 Å². The van der Waals surface area contributed by atoms with E-state index in [2.05, 4.69) is 5.32 Å². The first-order valence-corrected chi connectivity index (χ1v) is 11.7. The Bertz CT molecular complexity index is 1150. The minimum absolute atomic E-state index is 0.0948. The average molecular weight is 497 g/mol. The van der Waals surface area contributed by atoms with Crippen molar-refractivity contribution in [3.8, 4) is 5.75 Å². The largest absolute Gasteiger partial charge is 0.497 e. The fourth-order valence-electron chi connectivity index (χ4n) is 4.17. The lowest BCUT2D eigenvalue weighted by atomic mass is 10.2. The Labute approximate surface area is 209 Å². The summed E-state index contributed by atoms with van der Waals surface area (Å²) >= 11 is 0. The predicted molar refractivity (Wildman–Crippen MR) is 134 cm³/mol. The van der Waals surface area contributed by atoms with Crippen LogP contribution < -0.4 is 19.9 Å². The topological polar surface area (TPSA) is 91.4 Å². The number of hydrogen-bond acceptors (Lipinski definition) is 6. The number of nitrogens with one attached hydrogen (secondary N) is 1. The molecule has 0 aromatic heterocycles. The van der Waals surface area contributed by atoms with E-state index < -0.39 is 18.0 Å². The third kappa shape index (κ3) is 5.94. The molecule has 4 rings (SSSR count). The third-order valence-electron chi connectivity index (χ3n) is 6.16. The van der Waals surface area contributed by atoms with Gasteiger partial charge in [-0.25, -0.2) is 9.18 Å². The molecule has 9 nitrogen and oxygen atoms in total. The molecule has 2 heterocycles. The summed E-state index contributed by atoms with van der Waals surface area (Å²) in [5, 5.41) is 2.62. The van der Waals surface area contributed by atoms with Crippen molar-refractivity contribution >= 4 is 35.4 Å². The van der Waals surface area contributed by atoms with E-state index >= 15 is 4.39 Å². The second-order valence-electron chi connectivity index (χ2n) is 8.61. The number of carbonyl (C=O) groups excluding carboxylic acids is 3. The minimum Gasteiger partial charge on any atom is -0.497 e. The number of cyclic esters (lactones) is 1. The van der Waals surface area contributed by atoms with Crippen molar-refractivity contribution in [3.63, 3.8) is 0 Å². The molecule has 2 aliphatic heterocycles. The first-order valence-electron chi connectivity index (χ1n) is 11.7. The van der Waals surface area contributed by atoms with Crippen LogP contribution in [-0.2, 0) is 14.3 Å². The third-order valence-corrected chi connectivity index (χ3v) is 6.16. The molecule has 0 bridgehead atoms. The average Bonchev–Trinajstić information content (AvgIpc) is 3.26. The smallest absolute Gasteiger partial charge is 0.414 e. The van der Waals surface area contributed by atoms with E-state index in [0.29, 0.717) is 37.6 Å². The van der Waals surface area contributed by atoms with Crippen LogP contribution in [0.1, 0.15) is 12.5 Å². The van der Waals surface area contributed by atoms with Gasteiger partial charge in [0.1, 0.15) is 17.7 Å². The van der Waals surface area contributed by atoms with Crippen LogP contribution in [0.3, 0.4) is 0 Å². The molecule has 1 N–H and O–H groups in total. The Morgan fingerprint density at radius 3 is 2.50 bits per heavy atom. The summed E-state index contributed by atoms with van der Waals surface area (Å²) in [6.07, 6.45) is 2.23. The fraction of sp³-hybridized carbons (Fsp3) is 0.346. The molecule has 2 saturated heterocycles. The lowest BCUT2D eigenvalue weighted by Gasteiger charge is -2.36. The molecule has 10 heteroatoms. The summed E-state index contributed by atoms with van der Waals surface area (Å²) in [5.41, 5.74) is 1.71. The second kappa shape index (κ2) is 11.1. The van der Waals surface area contributed by atoms with Crippen LogP contribution in [0.5, 0.6) is 5.75 Å². The van der Waals surface area contributed by atoms with Gasteiger partial charge in [0.2, 0.25) is 11.8 Å². The summed E-state index contributed by atoms with van der Waals surface area (Å²) in [4.78, 5) is 40.9. The van der Waals surface area contributed by atoms with Crippen molar-refractivity contribution in [2.24, 2.45) is 0 Å². The summed E-state index contributed by atoms with van der Waals surface area (Å²) in [6.45, 7) is 3.73. The van der Waals surface area contributed by atoms with Gasteiger partial charge in [0, 0.05) is 39.2 Å². The monoisotopic (exact) mass is 496 g/mol. The van der Waals surface area contributed by atoms with E-state index in [9.17, 15) is 14.4 Å². The number of methoxy groups -OCH3 is 1. The van der Waals surface area contributed by atoms with Crippen molar-refractivity contribution < 1.29 is 28.2 Å². The summed E-state index contributed by atoms with van der Waals surface area (Å²) in [5.74, 6) is -0.0104. The molecular formula is C26H29FN4O5. The van der Waals surface area contributed by atoms with E-state index in [1.807, 2.05) is 29.2 Å². The zero-order valence-corrected chi connectivity index (χ0v) is 20.3. The van der Waals surface area contributed by atoms with E-state index in [-0.39, 0.29) is 24.9 Å². The second-order valence-corrected chi connectivity index (χ2v) is 8.61. The maximum absolute atomic E-state index is 15.0. The Kier molecular flexibility index (Phi) is 7.72. The maximum atomic E-state index is 15.0. The molecule has 0 radical (unpaired) electrons. The van der Waals surface area contributed by atoms with Gasteiger partial charge >= 0.3 is 6.09 Å². The molecule has 36 heavy (non-hydrogen) atoms. The summed E-state index contributed by atoms with van der Waals surface area (Å²) in [7, 11) is 1.60. The number of halogens is 1. The summed E-state index contributed by atoms with van der Waals surface area (Å²) in [6, 6.07) is 12.0. The molecule has 0 aliphatic carbocycles. The highest BCUT2D eigenvalue weighted by molar-refractivity contribution is 5.92. The van der Waals surface area contributed by atoms with Crippen LogP contribution in [0.4, 0.5) is 20.6 Å². The number of benzene rings is 2. The zero-order valence-electron chi connectivity index (χ0n) is 20.3. The van der Waals surface area contributed by atoms with Crippen LogP contribution in [0.2, 0.25) is 0 Å². The Hall–Kier alpha value is -4.08. The number of amides is 3. The van der Waals surface area contributed by atoms with Crippen LogP contribution in [0.25, 0.3) is 6.08 Å². The van der Waals surface area contributed by atoms with E-state index in [0.717, 1.165) is 11.3 Å². The highest BCUT2D eigenvalue weighted by atomic mass is 19.1. The molecule has 0 saturated carbocycles. The van der Waals surface area contributed by atoms with Crippen LogP contribution in [-0.4, -0.2) is 75.3 Å². The zero-order chi connectivity index (χ0) is 25.7. The van der Waals surface area contributed by atoms with Gasteiger partial charge in [-0.05, 0) is 42.0 Å². The molecule has 0 unspecified atom stereocenters. The predicted octanol–water partition coefficient (Wildman–Crippen LogP) is 2.66. The molecule has 2 aliphatic rings. The van der Waals surface area contributed by atoms with Crippen LogP contribution in [0.15, 0.2) is 48.5 Å². The molecule has 1 atom stereocenters. The van der Waals surface area contributed by atoms with E-state index in [1.165, 1.54) is 17.9 Å². The Balaban J connectivity index is 1.32. The molecule has 190 valence electrons. The first-order chi connectivity index (χ1) is 17.3. The van der Waals surface area contributed by atoms with Gasteiger partial charge in [-0.3, -0.25) is 14.5 Å². The Morgan fingerprint density at radius 2 is 1.86 bits per heavy atom. The fourth-order valence-corrected chi connectivity index (χ4v) is 4.17. The molecule has 2 fully saturated rings. The van der Waals surface area contributed by atoms with Crippen molar-refractivity contribution in [3.05, 3.63) is 59.9 Å². The van der Waals surface area contributed by atoms with Gasteiger partial charge in [-0.1, -0.05) is 12.1 Å². The lowest BCUT2D eigenvalue weighted by molar-refractivity contribution is -0.126. The molecule has 2 aromatic carbocycles. The van der Waals surface area contributed by atoms with E-state index in [4.69, 9.17) is 9.47 Å². The number of rotatable bonds is 7. The van der Waals surface area contributed by atoms with Crippen molar-refractivity contribution in [1.29, 1.82) is 0 Å². The normalized spacial score (nSPS) is 17.9. The minimum atomic E-state index is -0.577. The number of carbonyl (C=O) groups is 3. The van der Waals surface area contributed by atoms with Gasteiger partial charge in [0.05, 0.1) is 31.6 Å². The van der Waals surface area contributed by atoms with Crippen molar-refractivity contribution in [2.75, 3.05) is 56.2 Å². The van der Waals surface area contributed by atoms with Gasteiger partial charge in [0.15, 0.2) is 0 Å². The van der Waals surface area contributed by atoms with Gasteiger partial charge in [-0.2, -0.15) is 0 Å². The van der Waals surface area contributed by atoms with Crippen LogP contribution in [0, 0.1) is 5.82 Å². The van der Waals surface area contributed by atoms with Crippen molar-refractivity contribution in [1.82, 2.24) is 10.2 Å². The number of nitrogens with zero attached hydrogens (tertiary/aromatic N) is 3. The number of piperazine rings is 1. The Morgan fingerprint density at radius 1 is 1.14 bits per heavy atom. The molecule has 2 aromatic rings. The van der Waals surface area contributed by atoms with Crippen LogP contribution >= 0.6 is 0 Å². The number of hydrogen-bond donors (Lipinski definition) is 1. The molecule has 0 spiro atoms. The maximum Gasteiger partial charge on any atom is 0.414 e. The quantitative estimate of drug-likeness (QED) is 0.593. The molecular weight excluding hydrogens is 467 g/mol. The standard InChI is InChI=1S/C26H29FN4O5/c1-18(32)28-16-22-17-31(26(34)36-22)20-6-9-24(23(27)15-20)29-11-13-30(14-12-29)25(33)10-5-19-3-7-21(35-2)8-4-19/h3-10,15,22H,11-14,16-17H2,1-2H3,(H,28,32)/b10-5+/t22-/m0/s1. The first kappa shape index (κ1) is 25.0. The number of anilines is 2. The van der Waals surface area contributed by atoms with Gasteiger partial charge in [-0.15, -0.1) is 0 Å². The summed E-state index contributed by atoms with van der Waals surface area (Å²) < 4.78 is 25.4. The lowest BCUT2D eigenvalue weighted by Crippen LogP contribution is -2.48. The number of ether oxygens (including phenoxy) is 2. The SMILES string of the molecule is COc1ccc(/C=C/C(=O)N2CCN(c3ccc(N4C[C@H](CNC(C)=O)OC4=O)cc3F)CC2)cc1.